The van der Waals surface area contributed by atoms with Crippen molar-refractivity contribution < 1.29 is 28.6 Å². The summed E-state index contributed by atoms with van der Waals surface area (Å²) in [5, 5.41) is 12.7. The van der Waals surface area contributed by atoms with Crippen LogP contribution in [0.15, 0.2) is 30.3 Å². The van der Waals surface area contributed by atoms with Crippen LogP contribution in [0.3, 0.4) is 0 Å². The Morgan fingerprint density at radius 3 is 2.06 bits per heavy atom. The van der Waals surface area contributed by atoms with Gasteiger partial charge in [0.15, 0.2) is 8.32 Å². The molecule has 1 rings (SSSR count). The smallest absolute Gasteiger partial charge is 0.408 e. The third-order valence-electron chi connectivity index (χ3n) is 6.42. The lowest BCUT2D eigenvalue weighted by Gasteiger charge is -2.42. The summed E-state index contributed by atoms with van der Waals surface area (Å²) in [6.45, 7) is 20.4. The average Bonchev–Trinajstić information content (AvgIpc) is 2.68. The first-order valence-electron chi connectivity index (χ1n) is 12.4. The van der Waals surface area contributed by atoms with Crippen LogP contribution in [-0.4, -0.2) is 49.8 Å². The number of benzene rings is 1. The average molecular weight is 510 g/mol. The van der Waals surface area contributed by atoms with Gasteiger partial charge in [-0.2, -0.15) is 0 Å². The predicted molar refractivity (Wildman–Crippen MR) is 142 cm³/mol. The van der Waals surface area contributed by atoms with Gasteiger partial charge in [-0.3, -0.25) is 4.79 Å². The fraction of sp³-hybridized carbons (Fsp3) is 0.704. The number of hydrogen-bond donors (Lipinski definition) is 2. The van der Waals surface area contributed by atoms with E-state index in [1.54, 1.807) is 20.8 Å². The van der Waals surface area contributed by atoms with Gasteiger partial charge in [-0.05, 0) is 56.8 Å². The molecule has 0 aromatic heterocycles. The number of carboxylic acids is 1. The van der Waals surface area contributed by atoms with Gasteiger partial charge in [0.1, 0.15) is 5.60 Å². The van der Waals surface area contributed by atoms with Gasteiger partial charge in [-0.1, -0.05) is 65.0 Å². The Morgan fingerprint density at radius 1 is 1.03 bits per heavy atom. The molecule has 1 aromatic rings. The van der Waals surface area contributed by atoms with Crippen LogP contribution >= 0.6 is 0 Å². The molecule has 8 heteroatoms. The molecule has 0 spiro atoms. The van der Waals surface area contributed by atoms with E-state index >= 15 is 0 Å². The molecule has 0 aliphatic heterocycles. The molecule has 0 heterocycles. The van der Waals surface area contributed by atoms with Crippen molar-refractivity contribution in [3.63, 3.8) is 0 Å². The van der Waals surface area contributed by atoms with Crippen molar-refractivity contribution >= 4 is 20.4 Å². The summed E-state index contributed by atoms with van der Waals surface area (Å²) in [7, 11) is -2.31. The van der Waals surface area contributed by atoms with E-state index in [1.807, 2.05) is 44.2 Å². The van der Waals surface area contributed by atoms with Crippen LogP contribution in [0.4, 0.5) is 4.79 Å². The molecule has 0 aliphatic carbocycles. The first-order chi connectivity index (χ1) is 15.9. The van der Waals surface area contributed by atoms with Gasteiger partial charge in [-0.25, -0.2) is 4.79 Å². The Morgan fingerprint density at radius 2 is 1.60 bits per heavy atom. The summed E-state index contributed by atoms with van der Waals surface area (Å²) in [5.41, 5.74) is 0.340. The maximum absolute atomic E-state index is 12.8. The summed E-state index contributed by atoms with van der Waals surface area (Å²) in [6.07, 6.45) is -0.872. The lowest BCUT2D eigenvalue weighted by Crippen LogP contribution is -2.55. The van der Waals surface area contributed by atoms with E-state index in [4.69, 9.17) is 13.9 Å². The molecule has 1 amide bonds. The van der Waals surface area contributed by atoms with Crippen LogP contribution in [-0.2, 0) is 25.3 Å². The fourth-order valence-electron chi connectivity index (χ4n) is 3.34. The molecule has 0 saturated heterocycles. The number of alkyl carbamates (subject to hydrolysis) is 1. The number of carbonyl (C=O) groups excluding carboxylic acids is 1. The van der Waals surface area contributed by atoms with Crippen LogP contribution in [0, 0.1) is 11.8 Å². The second-order valence-corrected chi connectivity index (χ2v) is 16.9. The highest BCUT2D eigenvalue weighted by Crippen LogP contribution is 2.39. The first kappa shape index (κ1) is 31.1. The van der Waals surface area contributed by atoms with Crippen LogP contribution in [0.2, 0.25) is 18.1 Å². The van der Waals surface area contributed by atoms with E-state index in [-0.39, 0.29) is 24.0 Å². The van der Waals surface area contributed by atoms with Gasteiger partial charge in [0.05, 0.1) is 31.3 Å². The second kappa shape index (κ2) is 12.9. The highest BCUT2D eigenvalue weighted by molar-refractivity contribution is 6.74. The van der Waals surface area contributed by atoms with Crippen LogP contribution < -0.4 is 5.32 Å². The number of aliphatic carboxylic acids is 1. The van der Waals surface area contributed by atoms with Gasteiger partial charge in [0.25, 0.3) is 0 Å². The number of carbonyl (C=O) groups is 2. The second-order valence-electron chi connectivity index (χ2n) is 12.1. The topological polar surface area (TPSA) is 94.1 Å². The predicted octanol–water partition coefficient (Wildman–Crippen LogP) is 6.23. The maximum atomic E-state index is 12.8. The Balaban J connectivity index is 3.27. The Hall–Kier alpha value is -1.90. The molecular weight excluding hydrogens is 462 g/mol. The summed E-state index contributed by atoms with van der Waals surface area (Å²) in [4.78, 5) is 24.9. The van der Waals surface area contributed by atoms with E-state index in [2.05, 4.69) is 39.2 Å². The Kier molecular flexibility index (Phi) is 11.5. The molecule has 0 aliphatic rings. The van der Waals surface area contributed by atoms with Crippen molar-refractivity contribution in [1.29, 1.82) is 0 Å². The molecule has 200 valence electrons. The minimum absolute atomic E-state index is 0.0922. The first-order valence-corrected chi connectivity index (χ1v) is 15.4. The molecule has 35 heavy (non-hydrogen) atoms. The summed E-state index contributed by atoms with van der Waals surface area (Å²) in [6, 6.07) is 9.19. The van der Waals surface area contributed by atoms with E-state index < -0.39 is 44.0 Å². The minimum atomic E-state index is -2.31. The SMILES string of the molecule is CC(C)C(CC(O[Si](C)(C)C(C)(C)C)C(COCc1ccccc1)NC(=O)OC(C)(C)C)C(=O)O. The molecule has 1 aromatic carbocycles. The molecule has 3 atom stereocenters. The summed E-state index contributed by atoms with van der Waals surface area (Å²) >= 11 is 0. The lowest BCUT2D eigenvalue weighted by atomic mass is 9.88. The number of amides is 1. The van der Waals surface area contributed by atoms with E-state index in [9.17, 15) is 14.7 Å². The molecule has 3 unspecified atom stereocenters. The fourth-order valence-corrected chi connectivity index (χ4v) is 4.71. The van der Waals surface area contributed by atoms with E-state index in [1.165, 1.54) is 0 Å². The zero-order valence-electron chi connectivity index (χ0n) is 23.3. The molecule has 0 fully saturated rings. The number of hydrogen-bond acceptors (Lipinski definition) is 5. The van der Waals surface area contributed by atoms with Crippen molar-refractivity contribution in [3.8, 4) is 0 Å². The molecule has 0 bridgehead atoms. The van der Waals surface area contributed by atoms with Crippen molar-refractivity contribution in [2.45, 2.75) is 104 Å². The molecule has 7 nitrogen and oxygen atoms in total. The quantitative estimate of drug-likeness (QED) is 0.324. The summed E-state index contributed by atoms with van der Waals surface area (Å²) < 4.78 is 18.3. The Labute approximate surface area is 213 Å². The van der Waals surface area contributed by atoms with Crippen molar-refractivity contribution in [2.24, 2.45) is 11.8 Å². The van der Waals surface area contributed by atoms with Crippen molar-refractivity contribution in [3.05, 3.63) is 35.9 Å². The normalized spacial score (nSPS) is 15.4. The standard InChI is InChI=1S/C27H47NO6Si/c1-19(2)21(24(29)30)16-23(34-35(9,10)27(6,7)8)22(28-25(31)33-26(3,4)5)18-32-17-20-14-12-11-13-15-20/h11-15,19,21-23H,16-18H2,1-10H3,(H,28,31)(H,29,30). The maximum Gasteiger partial charge on any atom is 0.408 e. The molecule has 0 saturated carbocycles. The third kappa shape index (κ3) is 11.1. The van der Waals surface area contributed by atoms with E-state index in [0.717, 1.165) is 5.56 Å². The number of nitrogens with one attached hydrogen (secondary N) is 1. The lowest BCUT2D eigenvalue weighted by molar-refractivity contribution is -0.144. The third-order valence-corrected chi connectivity index (χ3v) is 10.9. The van der Waals surface area contributed by atoms with Gasteiger partial charge >= 0.3 is 12.1 Å². The van der Waals surface area contributed by atoms with Crippen LogP contribution in [0.5, 0.6) is 0 Å². The minimum Gasteiger partial charge on any atom is -0.481 e. The van der Waals surface area contributed by atoms with Gasteiger partial charge in [-0.15, -0.1) is 0 Å². The van der Waals surface area contributed by atoms with Crippen LogP contribution in [0.1, 0.15) is 67.4 Å². The highest BCUT2D eigenvalue weighted by Gasteiger charge is 2.43. The van der Waals surface area contributed by atoms with Crippen molar-refractivity contribution in [2.75, 3.05) is 6.61 Å². The monoisotopic (exact) mass is 509 g/mol. The highest BCUT2D eigenvalue weighted by atomic mass is 28.4. The largest absolute Gasteiger partial charge is 0.481 e. The van der Waals surface area contributed by atoms with Gasteiger partial charge in [0, 0.05) is 0 Å². The molecular formula is C27H47NO6Si. The van der Waals surface area contributed by atoms with Crippen molar-refractivity contribution in [1.82, 2.24) is 5.32 Å². The van der Waals surface area contributed by atoms with Crippen LogP contribution in [0.25, 0.3) is 0 Å². The number of rotatable bonds is 12. The zero-order valence-corrected chi connectivity index (χ0v) is 24.3. The van der Waals surface area contributed by atoms with Gasteiger partial charge < -0.3 is 24.3 Å². The zero-order chi connectivity index (χ0) is 27.0. The number of ether oxygens (including phenoxy) is 2. The van der Waals surface area contributed by atoms with Gasteiger partial charge in [0.2, 0.25) is 0 Å². The molecule has 0 radical (unpaired) electrons. The van der Waals surface area contributed by atoms with E-state index in [0.29, 0.717) is 6.61 Å². The summed E-state index contributed by atoms with van der Waals surface area (Å²) in [5.74, 6) is -1.59. The molecule has 2 N–H and O–H groups in total. The Bertz CT molecular complexity index is 798. The number of carboxylic acid groups (broad SMARTS) is 1.